The SMILES string of the molecule is COC(=O)O[C@@]12COC1C[C@H](OC(=O)OCc1ccccc1)[C@@]1(C)C(=O)C(OC(C)=O)=C3C(C)[C@@H](OC(=O)[C@H](O[Si](C)(C)C(C)(C)C)[C@@H](NC(=O)c4ccccc4)c4ccccc4)C[C@@](O)([C@@H](OC(=O)c4ccccc4)[C@@H]12)C3(C)C. The van der Waals surface area contributed by atoms with Gasteiger partial charge in [0.2, 0.25) is 5.78 Å². The molecule has 4 aromatic rings. The van der Waals surface area contributed by atoms with Crippen molar-refractivity contribution in [3.8, 4) is 0 Å². The van der Waals surface area contributed by atoms with E-state index in [0.29, 0.717) is 16.7 Å². The summed E-state index contributed by atoms with van der Waals surface area (Å²) < 4.78 is 55.7. The number of benzene rings is 4. The van der Waals surface area contributed by atoms with Crippen molar-refractivity contribution in [1.29, 1.82) is 0 Å². The first-order valence-corrected chi connectivity index (χ1v) is 29.6. The van der Waals surface area contributed by atoms with Crippen molar-refractivity contribution in [2.75, 3.05) is 13.7 Å². The molecule has 0 spiro atoms. The molecule has 1 aliphatic heterocycles. The Morgan fingerprint density at radius 1 is 0.800 bits per heavy atom. The number of carbonyl (C=O) groups is 7. The Morgan fingerprint density at radius 2 is 1.38 bits per heavy atom. The van der Waals surface area contributed by atoms with Gasteiger partial charge < -0.3 is 52.7 Å². The van der Waals surface area contributed by atoms with Gasteiger partial charge in [0.25, 0.3) is 5.91 Å². The monoisotopic (exact) mass is 1120 g/mol. The van der Waals surface area contributed by atoms with Crippen LogP contribution in [-0.4, -0.2) is 111 Å². The number of rotatable bonds is 15. The number of aliphatic hydroxyl groups is 1. The van der Waals surface area contributed by atoms with E-state index in [1.807, 2.05) is 33.9 Å². The van der Waals surface area contributed by atoms with Crippen LogP contribution in [0, 0.1) is 22.7 Å². The number of esters is 3. The normalized spacial score (nSPS) is 27.6. The number of Topliss-reactive ketones (excluding diaryl/α,β-unsaturated/α-hetero) is 1. The molecule has 3 fully saturated rings. The first-order chi connectivity index (χ1) is 37.7. The number of ether oxygens (including phenoxy) is 8. The highest BCUT2D eigenvalue weighted by Gasteiger charge is 2.79. The molecule has 4 aromatic carbocycles. The fourth-order valence-electron chi connectivity index (χ4n) is 11.7. The highest BCUT2D eigenvalue weighted by Crippen LogP contribution is 2.65. The lowest BCUT2D eigenvalue weighted by Gasteiger charge is -2.67. The molecule has 1 amide bonds. The van der Waals surface area contributed by atoms with Crippen molar-refractivity contribution >= 4 is 50.2 Å². The number of hydrogen-bond donors (Lipinski definition) is 2. The van der Waals surface area contributed by atoms with Crippen LogP contribution in [0.3, 0.4) is 0 Å². The quantitative estimate of drug-likeness (QED) is 0.0640. The molecule has 11 atom stereocenters. The van der Waals surface area contributed by atoms with Gasteiger partial charge in [0.15, 0.2) is 25.8 Å². The second-order valence-corrected chi connectivity index (χ2v) is 28.1. The van der Waals surface area contributed by atoms with Gasteiger partial charge >= 0.3 is 30.2 Å². The maximum Gasteiger partial charge on any atom is 0.508 e. The van der Waals surface area contributed by atoms with E-state index in [4.69, 9.17) is 42.3 Å². The molecule has 80 heavy (non-hydrogen) atoms. The van der Waals surface area contributed by atoms with Crippen molar-refractivity contribution in [3.05, 3.63) is 155 Å². The van der Waals surface area contributed by atoms with Gasteiger partial charge in [-0.25, -0.2) is 19.2 Å². The van der Waals surface area contributed by atoms with Crippen LogP contribution in [-0.2, 0) is 63.3 Å². The van der Waals surface area contributed by atoms with E-state index in [1.54, 1.807) is 130 Å². The van der Waals surface area contributed by atoms with Crippen molar-refractivity contribution in [2.45, 2.75) is 141 Å². The maximum atomic E-state index is 16.5. The van der Waals surface area contributed by atoms with Gasteiger partial charge in [-0.2, -0.15) is 0 Å². The van der Waals surface area contributed by atoms with Gasteiger partial charge in [-0.05, 0) is 66.0 Å². The highest BCUT2D eigenvalue weighted by atomic mass is 28.4. The van der Waals surface area contributed by atoms with Crippen LogP contribution < -0.4 is 5.32 Å². The summed E-state index contributed by atoms with van der Waals surface area (Å²) >= 11 is 0. The van der Waals surface area contributed by atoms with Gasteiger partial charge in [0.1, 0.15) is 36.6 Å². The second-order valence-electron chi connectivity index (χ2n) is 23.3. The number of amides is 1. The molecule has 18 nitrogen and oxygen atoms in total. The Morgan fingerprint density at radius 3 is 1.93 bits per heavy atom. The molecule has 8 rings (SSSR count). The van der Waals surface area contributed by atoms with Crippen LogP contribution in [0.15, 0.2) is 133 Å². The van der Waals surface area contributed by atoms with Crippen LogP contribution in [0.1, 0.15) is 106 Å². The van der Waals surface area contributed by atoms with Gasteiger partial charge in [-0.15, -0.1) is 0 Å². The second kappa shape index (κ2) is 22.7. The third-order valence-electron chi connectivity index (χ3n) is 17.2. The molecule has 0 radical (unpaired) electrons. The minimum atomic E-state index is -3.00. The summed E-state index contributed by atoms with van der Waals surface area (Å²) in [7, 11) is -1.92. The summed E-state index contributed by atoms with van der Waals surface area (Å²) in [5.74, 6) is -7.82. The van der Waals surface area contributed by atoms with Crippen molar-refractivity contribution in [2.24, 2.45) is 22.7 Å². The number of nitrogens with one attached hydrogen (secondary N) is 1. The first kappa shape index (κ1) is 58.9. The minimum Gasteiger partial charge on any atom is -0.460 e. The molecule has 3 aliphatic carbocycles. The molecule has 2 N–H and O–H groups in total. The number of carbonyl (C=O) groups excluding carboxylic acids is 7. The van der Waals surface area contributed by atoms with Crippen LogP contribution >= 0.6 is 0 Å². The van der Waals surface area contributed by atoms with Gasteiger partial charge in [-0.1, -0.05) is 139 Å². The summed E-state index contributed by atoms with van der Waals surface area (Å²) in [6, 6.07) is 32.7. The Balaban J connectivity index is 1.34. The summed E-state index contributed by atoms with van der Waals surface area (Å²) in [5.41, 5.74) is -7.12. The van der Waals surface area contributed by atoms with E-state index in [9.17, 15) is 29.1 Å². The zero-order chi connectivity index (χ0) is 58.2. The standard InChI is InChI=1S/C61H71NO17Si/c1-36-42(75-54(67)48(79-80(10,11)57(3,4)5)46(39-26-18-13-19-27-39)62-52(65)40-28-20-14-21-29-40)33-61(70)51(77-53(66)41-30-22-15-23-31-41)49-59(8,50(64)47(74-37(2)63)45(36)58(61,6)7)43(32-44-60(49,35-73-44)78-55(68)71-9)76-56(69)72-34-38-24-16-12-17-25-38/h12-31,36,42-44,46,48-49,51,70H,32-35H2,1-11H3,(H,62,65)/t36?,42-,43-,44?,46-,48+,49-,51-,59+,60-,61+/m0/s1. The Bertz CT molecular complexity index is 3000. The van der Waals surface area contributed by atoms with Crippen LogP contribution in [0.2, 0.25) is 18.1 Å². The van der Waals surface area contributed by atoms with E-state index in [-0.39, 0.29) is 24.2 Å². The number of ketones is 1. The van der Waals surface area contributed by atoms with Crippen LogP contribution in [0.5, 0.6) is 0 Å². The molecule has 426 valence electrons. The van der Waals surface area contributed by atoms with Crippen molar-refractivity contribution in [3.63, 3.8) is 0 Å². The largest absolute Gasteiger partial charge is 0.508 e. The predicted molar refractivity (Wildman–Crippen MR) is 291 cm³/mol. The molecule has 1 saturated heterocycles. The Kier molecular flexibility index (Phi) is 16.8. The fraction of sp³-hybridized carbons (Fsp3) is 0.459. The average Bonchev–Trinajstić information content (AvgIpc) is 3.37. The number of fused-ring (bicyclic) bond motifs is 5. The summed E-state index contributed by atoms with van der Waals surface area (Å²) in [5, 5.41) is 16.9. The van der Waals surface area contributed by atoms with E-state index in [2.05, 4.69) is 5.32 Å². The van der Waals surface area contributed by atoms with E-state index in [0.717, 1.165) is 14.0 Å². The number of allylic oxidation sites excluding steroid dienone is 1. The average molecular weight is 1120 g/mol. The summed E-state index contributed by atoms with van der Waals surface area (Å²) in [6.07, 6.45) is -11.1. The molecule has 0 aromatic heterocycles. The molecule has 2 unspecified atom stereocenters. The zero-order valence-corrected chi connectivity index (χ0v) is 48.0. The molecule has 19 heteroatoms. The van der Waals surface area contributed by atoms with Gasteiger partial charge in [0, 0.05) is 36.7 Å². The van der Waals surface area contributed by atoms with Crippen LogP contribution in [0.25, 0.3) is 0 Å². The predicted octanol–water partition coefficient (Wildman–Crippen LogP) is 9.55. The van der Waals surface area contributed by atoms with Gasteiger partial charge in [0.05, 0.1) is 36.7 Å². The molecular formula is C61H71NO17Si. The summed E-state index contributed by atoms with van der Waals surface area (Å²) in [4.78, 5) is 102. The van der Waals surface area contributed by atoms with E-state index >= 15 is 9.59 Å². The third kappa shape index (κ3) is 11.0. The van der Waals surface area contributed by atoms with Crippen molar-refractivity contribution < 1.29 is 81.0 Å². The van der Waals surface area contributed by atoms with Crippen molar-refractivity contribution in [1.82, 2.24) is 5.32 Å². The molecule has 2 saturated carbocycles. The maximum absolute atomic E-state index is 16.5. The van der Waals surface area contributed by atoms with Gasteiger partial charge in [-0.3, -0.25) is 14.4 Å². The lowest BCUT2D eigenvalue weighted by Crippen LogP contribution is -2.81. The first-order valence-electron chi connectivity index (χ1n) is 26.7. The third-order valence-corrected chi connectivity index (χ3v) is 21.7. The fourth-order valence-corrected chi connectivity index (χ4v) is 13.0. The van der Waals surface area contributed by atoms with E-state index < -0.39 is 144 Å². The van der Waals surface area contributed by atoms with E-state index in [1.165, 1.54) is 19.1 Å². The minimum absolute atomic E-state index is 0.0242. The number of methoxy groups -OCH3 is 1. The Hall–Kier alpha value is -7.19. The summed E-state index contributed by atoms with van der Waals surface area (Å²) in [6.45, 7) is 16.5. The lowest BCUT2D eigenvalue weighted by molar-refractivity contribution is -0.343. The smallest absolute Gasteiger partial charge is 0.460 e. The molecule has 4 aliphatic rings. The molecular weight excluding hydrogens is 1050 g/mol. The topological polar surface area (TPSA) is 235 Å². The Labute approximate surface area is 466 Å². The highest BCUT2D eigenvalue weighted by molar-refractivity contribution is 6.74. The molecule has 2 bridgehead atoms. The molecule has 1 heterocycles. The lowest BCUT2D eigenvalue weighted by atomic mass is 9.45. The zero-order valence-electron chi connectivity index (χ0n) is 47.0. The van der Waals surface area contributed by atoms with Crippen LogP contribution in [0.4, 0.5) is 9.59 Å². The number of hydrogen-bond acceptors (Lipinski definition) is 17.